The van der Waals surface area contributed by atoms with E-state index in [9.17, 15) is 9.59 Å². The number of aliphatic imine (C=N–C) groups is 2. The summed E-state index contributed by atoms with van der Waals surface area (Å²) in [5.74, 6) is 0.810. The molecule has 6 aliphatic rings. The summed E-state index contributed by atoms with van der Waals surface area (Å²) in [5.41, 5.74) is 14.4. The van der Waals surface area contributed by atoms with Crippen LogP contribution in [0.4, 0.5) is 15.3 Å². The Labute approximate surface area is 351 Å². The van der Waals surface area contributed by atoms with E-state index in [1.54, 1.807) is 0 Å². The molecule has 2 saturated heterocycles. The smallest absolute Gasteiger partial charge is 0.410 e. The van der Waals surface area contributed by atoms with Gasteiger partial charge in [-0.1, -0.05) is 69.2 Å². The van der Waals surface area contributed by atoms with Crippen LogP contribution < -0.4 is 0 Å². The van der Waals surface area contributed by atoms with Crippen molar-refractivity contribution in [3.63, 3.8) is 0 Å². The highest BCUT2D eigenvalue weighted by molar-refractivity contribution is 6.03. The predicted octanol–water partition coefficient (Wildman–Crippen LogP) is 11.8. The normalized spacial score (nSPS) is 24.6. The van der Waals surface area contributed by atoms with Crippen molar-refractivity contribution in [3.8, 4) is 22.3 Å². The van der Waals surface area contributed by atoms with Crippen LogP contribution in [0.2, 0.25) is 0 Å². The number of ether oxygens (including phenoxy) is 2. The van der Waals surface area contributed by atoms with E-state index in [0.29, 0.717) is 30.3 Å². The molecule has 1 spiro atoms. The van der Waals surface area contributed by atoms with Gasteiger partial charge in [0.15, 0.2) is 0 Å². The van der Waals surface area contributed by atoms with Gasteiger partial charge in [0.05, 0.1) is 17.8 Å². The number of carbonyl (C=O) groups excluding carboxylic acids is 2. The van der Waals surface area contributed by atoms with Crippen molar-refractivity contribution in [1.29, 1.82) is 0 Å². The van der Waals surface area contributed by atoms with E-state index in [1.165, 1.54) is 75.8 Å². The standard InChI is InChI=1S/C51H62N4O4/c1-31-21-45(54(29-31)47(56)58-49(3,4)5)43-25-37(28-52-43)33-11-13-34(14-12-33)38-16-17-39(41-27-51(26-40(38)41)19-9-10-20-51)35-15-18-42-36(23-35)24-44(53-42)46-22-32(2)30-55(46)48(57)59-50(6,7)8/h11-18,23,28,31-32,45-46H,9-10,19-22,24-27,29-30H2,1-8H3/t31-,32-,45?,46?/m0/s1. The van der Waals surface area contributed by atoms with Gasteiger partial charge in [0.1, 0.15) is 11.2 Å². The second-order valence-corrected chi connectivity index (χ2v) is 20.8. The molecular formula is C51H62N4O4. The molecule has 4 heterocycles. The van der Waals surface area contributed by atoms with Gasteiger partial charge in [0.2, 0.25) is 0 Å². The maximum atomic E-state index is 13.3. The third-order valence-electron chi connectivity index (χ3n) is 13.6. The van der Waals surface area contributed by atoms with Gasteiger partial charge in [-0.2, -0.15) is 0 Å². The van der Waals surface area contributed by atoms with Gasteiger partial charge in [-0.25, -0.2) is 9.59 Å². The summed E-state index contributed by atoms with van der Waals surface area (Å²) in [6.07, 6.45) is 12.4. The maximum absolute atomic E-state index is 13.3. The highest BCUT2D eigenvalue weighted by Gasteiger charge is 2.43. The van der Waals surface area contributed by atoms with Crippen LogP contribution in [0.25, 0.3) is 27.8 Å². The molecule has 3 aromatic rings. The fourth-order valence-electron chi connectivity index (χ4n) is 11.0. The summed E-state index contributed by atoms with van der Waals surface area (Å²) in [6, 6.07) is 20.6. The molecule has 8 nitrogen and oxygen atoms in total. The second-order valence-electron chi connectivity index (χ2n) is 20.8. The Balaban J connectivity index is 0.938. The van der Waals surface area contributed by atoms with Crippen molar-refractivity contribution < 1.29 is 19.1 Å². The molecule has 310 valence electrons. The van der Waals surface area contributed by atoms with E-state index >= 15 is 0 Å². The molecule has 4 atom stereocenters. The van der Waals surface area contributed by atoms with Crippen LogP contribution in [0.15, 0.2) is 70.8 Å². The average Bonchev–Trinajstić information content (AvgIpc) is 4.02. The molecule has 1 saturated carbocycles. The first-order valence-electron chi connectivity index (χ1n) is 22.2. The van der Waals surface area contributed by atoms with Gasteiger partial charge in [-0.15, -0.1) is 0 Å². The van der Waals surface area contributed by atoms with Crippen LogP contribution in [0.3, 0.4) is 0 Å². The number of amides is 2. The number of carbonyl (C=O) groups is 2. The first-order chi connectivity index (χ1) is 28.0. The van der Waals surface area contributed by atoms with Crippen molar-refractivity contribution in [2.75, 3.05) is 13.1 Å². The molecular weight excluding hydrogens is 733 g/mol. The van der Waals surface area contributed by atoms with Gasteiger partial charge < -0.3 is 9.47 Å². The van der Waals surface area contributed by atoms with Crippen LogP contribution >= 0.6 is 0 Å². The summed E-state index contributed by atoms with van der Waals surface area (Å²) in [6.45, 7) is 17.4. The van der Waals surface area contributed by atoms with Gasteiger partial charge in [0.25, 0.3) is 0 Å². The Hall–Kier alpha value is -4.72. The van der Waals surface area contributed by atoms with Crippen molar-refractivity contribution in [2.24, 2.45) is 27.2 Å². The summed E-state index contributed by atoms with van der Waals surface area (Å²) in [4.78, 5) is 40.2. The maximum Gasteiger partial charge on any atom is 0.410 e. The van der Waals surface area contributed by atoms with E-state index in [-0.39, 0.29) is 24.3 Å². The Morgan fingerprint density at radius 3 is 1.78 bits per heavy atom. The molecule has 0 N–H and O–H groups in total. The lowest BCUT2D eigenvalue weighted by Gasteiger charge is -2.28. The molecule has 0 aromatic heterocycles. The third kappa shape index (κ3) is 7.89. The number of nitrogens with zero attached hydrogens (tertiary/aromatic N) is 4. The van der Waals surface area contributed by atoms with Crippen molar-refractivity contribution in [1.82, 2.24) is 9.80 Å². The molecule has 3 fully saturated rings. The number of fused-ring (bicyclic) bond motifs is 2. The number of rotatable bonds is 5. The molecule has 2 amide bonds. The Morgan fingerprint density at radius 1 is 0.678 bits per heavy atom. The Bertz CT molecular complexity index is 2270. The molecule has 2 unspecified atom stereocenters. The minimum absolute atomic E-state index is 0.0252. The molecule has 0 radical (unpaired) electrons. The van der Waals surface area contributed by atoms with Gasteiger partial charge >= 0.3 is 12.2 Å². The number of hydrogen-bond donors (Lipinski definition) is 0. The highest BCUT2D eigenvalue weighted by atomic mass is 16.6. The lowest BCUT2D eigenvalue weighted by Crippen LogP contribution is -2.43. The van der Waals surface area contributed by atoms with Crippen LogP contribution in [-0.4, -0.2) is 69.8 Å². The monoisotopic (exact) mass is 794 g/mol. The van der Waals surface area contributed by atoms with Crippen molar-refractivity contribution in [3.05, 3.63) is 83.1 Å². The predicted molar refractivity (Wildman–Crippen MR) is 237 cm³/mol. The minimum Gasteiger partial charge on any atom is -0.444 e. The summed E-state index contributed by atoms with van der Waals surface area (Å²) >= 11 is 0. The molecule has 2 aliphatic carbocycles. The molecule has 4 aliphatic heterocycles. The summed E-state index contributed by atoms with van der Waals surface area (Å²) in [5, 5.41) is 0. The van der Waals surface area contributed by atoms with Gasteiger partial charge in [0, 0.05) is 43.6 Å². The van der Waals surface area contributed by atoms with Crippen LogP contribution in [0.5, 0.6) is 0 Å². The fourth-order valence-corrected chi connectivity index (χ4v) is 11.0. The largest absolute Gasteiger partial charge is 0.444 e. The molecule has 0 bridgehead atoms. The third-order valence-corrected chi connectivity index (χ3v) is 13.6. The van der Waals surface area contributed by atoms with E-state index in [4.69, 9.17) is 19.5 Å². The van der Waals surface area contributed by atoms with Crippen molar-refractivity contribution >= 4 is 34.9 Å². The van der Waals surface area contributed by atoms with Gasteiger partial charge in [-0.3, -0.25) is 19.8 Å². The number of benzene rings is 3. The molecule has 3 aromatic carbocycles. The topological polar surface area (TPSA) is 83.8 Å². The second kappa shape index (κ2) is 14.8. The zero-order valence-corrected chi connectivity index (χ0v) is 36.5. The number of likely N-dealkylation sites (tertiary alicyclic amines) is 2. The lowest BCUT2D eigenvalue weighted by atomic mass is 9.82. The Morgan fingerprint density at radius 2 is 1.20 bits per heavy atom. The van der Waals surface area contributed by atoms with Crippen LogP contribution in [-0.2, 0) is 28.7 Å². The molecule has 59 heavy (non-hydrogen) atoms. The zero-order chi connectivity index (χ0) is 41.4. The Kier molecular flexibility index (Phi) is 9.95. The minimum atomic E-state index is -0.532. The summed E-state index contributed by atoms with van der Waals surface area (Å²) < 4.78 is 11.6. The average molecular weight is 795 g/mol. The van der Waals surface area contributed by atoms with Crippen LogP contribution in [0, 0.1) is 17.3 Å². The first kappa shape index (κ1) is 39.7. The van der Waals surface area contributed by atoms with E-state index < -0.39 is 11.2 Å². The molecule has 8 heteroatoms. The van der Waals surface area contributed by atoms with Crippen LogP contribution in [0.1, 0.15) is 123 Å². The quantitative estimate of drug-likeness (QED) is 0.257. The first-order valence-corrected chi connectivity index (χ1v) is 22.2. The molecule has 9 rings (SSSR count). The van der Waals surface area contributed by atoms with Gasteiger partial charge in [-0.05, 0) is 160 Å². The number of allylic oxidation sites excluding steroid dienone is 1. The van der Waals surface area contributed by atoms with E-state index in [1.807, 2.05) is 57.5 Å². The van der Waals surface area contributed by atoms with E-state index in [2.05, 4.69) is 68.4 Å². The van der Waals surface area contributed by atoms with E-state index in [0.717, 1.165) is 55.6 Å². The lowest BCUT2D eigenvalue weighted by molar-refractivity contribution is 0.0250. The number of hydrogen-bond acceptors (Lipinski definition) is 6. The SMILES string of the molecule is C[C@H]1CC(C2=NC=C(c3ccc(-c4ccc(-c5ccc6c(c5)CC(C5C[C@H](C)CN5C(=O)OC(C)(C)C)=N6)c5c4CC4(CCCC4)C5)cc3)C2)N(C(=O)OC(C)(C)C)C1. The fraction of sp³-hybridized carbons (Fsp3) is 0.529. The summed E-state index contributed by atoms with van der Waals surface area (Å²) in [7, 11) is 0. The zero-order valence-electron chi connectivity index (χ0n) is 36.5. The highest BCUT2D eigenvalue weighted by Crippen LogP contribution is 2.53. The van der Waals surface area contributed by atoms with Crippen molar-refractivity contribution in [2.45, 2.75) is 143 Å².